The van der Waals surface area contributed by atoms with Crippen molar-refractivity contribution in [2.75, 3.05) is 10.6 Å². The maximum atomic E-state index is 13.8. The van der Waals surface area contributed by atoms with E-state index < -0.39 is 11.9 Å². The van der Waals surface area contributed by atoms with Crippen LogP contribution < -0.4 is 16.4 Å². The quantitative estimate of drug-likeness (QED) is 0.799. The van der Waals surface area contributed by atoms with Crippen molar-refractivity contribution in [2.45, 2.75) is 45.1 Å². The number of rotatable bonds is 4. The summed E-state index contributed by atoms with van der Waals surface area (Å²) in [6.07, 6.45) is 4.90. The first-order chi connectivity index (χ1) is 10.5. The van der Waals surface area contributed by atoms with E-state index in [-0.39, 0.29) is 23.4 Å². The Labute approximate surface area is 129 Å². The van der Waals surface area contributed by atoms with Crippen molar-refractivity contribution in [2.24, 2.45) is 11.7 Å². The predicted molar refractivity (Wildman–Crippen MR) is 83.9 cm³/mol. The zero-order valence-electron chi connectivity index (χ0n) is 12.7. The molecule has 5 nitrogen and oxygen atoms in total. The molecule has 4 N–H and O–H groups in total. The molecule has 1 atom stereocenters. The van der Waals surface area contributed by atoms with Gasteiger partial charge in [0.25, 0.3) is 0 Å². The molecular weight excluding hydrogens is 285 g/mol. The Morgan fingerprint density at radius 3 is 2.55 bits per heavy atom. The molecule has 0 saturated heterocycles. The van der Waals surface area contributed by atoms with Crippen LogP contribution in [0.3, 0.4) is 0 Å². The maximum absolute atomic E-state index is 13.8. The van der Waals surface area contributed by atoms with E-state index in [9.17, 15) is 14.0 Å². The molecule has 1 aliphatic carbocycles. The monoisotopic (exact) mass is 307 g/mol. The Kier molecular flexibility index (Phi) is 5.49. The van der Waals surface area contributed by atoms with E-state index in [0.717, 1.165) is 32.1 Å². The second kappa shape index (κ2) is 7.35. The van der Waals surface area contributed by atoms with Gasteiger partial charge in [-0.15, -0.1) is 0 Å². The zero-order valence-corrected chi connectivity index (χ0v) is 12.7. The Morgan fingerprint density at radius 2 is 1.91 bits per heavy atom. The van der Waals surface area contributed by atoms with E-state index in [4.69, 9.17) is 5.73 Å². The molecule has 6 heteroatoms. The summed E-state index contributed by atoms with van der Waals surface area (Å²) in [7, 11) is 0. The van der Waals surface area contributed by atoms with Crippen LogP contribution >= 0.6 is 0 Å². The third kappa shape index (κ3) is 4.27. The van der Waals surface area contributed by atoms with E-state index in [1.54, 1.807) is 6.92 Å². The summed E-state index contributed by atoms with van der Waals surface area (Å²) < 4.78 is 13.8. The summed E-state index contributed by atoms with van der Waals surface area (Å²) >= 11 is 0. The molecule has 1 saturated carbocycles. The first-order valence-corrected chi connectivity index (χ1v) is 7.64. The highest BCUT2D eigenvalue weighted by molar-refractivity contribution is 5.96. The van der Waals surface area contributed by atoms with E-state index in [0.29, 0.717) is 5.69 Å². The van der Waals surface area contributed by atoms with Gasteiger partial charge in [0, 0.05) is 11.6 Å². The molecule has 1 aromatic carbocycles. The van der Waals surface area contributed by atoms with Gasteiger partial charge in [0.15, 0.2) is 0 Å². The summed E-state index contributed by atoms with van der Waals surface area (Å²) in [5.41, 5.74) is 5.96. The van der Waals surface area contributed by atoms with Crippen LogP contribution in [0.25, 0.3) is 0 Å². The molecule has 1 aliphatic rings. The van der Waals surface area contributed by atoms with Gasteiger partial charge in [0.1, 0.15) is 5.82 Å². The largest absolute Gasteiger partial charge is 0.325 e. The fourth-order valence-corrected chi connectivity index (χ4v) is 2.55. The third-order valence-electron chi connectivity index (χ3n) is 3.88. The average molecular weight is 307 g/mol. The Hall–Kier alpha value is -1.95. The highest BCUT2D eigenvalue weighted by Gasteiger charge is 2.22. The number of halogens is 1. The molecule has 0 aliphatic heterocycles. The van der Waals surface area contributed by atoms with Gasteiger partial charge in [0.05, 0.1) is 11.7 Å². The van der Waals surface area contributed by atoms with E-state index in [1.807, 2.05) is 0 Å². The molecule has 2 amide bonds. The van der Waals surface area contributed by atoms with Gasteiger partial charge in [0.2, 0.25) is 11.8 Å². The Balaban J connectivity index is 2.06. The first kappa shape index (κ1) is 16.4. The lowest BCUT2D eigenvalue weighted by Crippen LogP contribution is -2.32. The highest BCUT2D eigenvalue weighted by atomic mass is 19.1. The molecule has 0 bridgehead atoms. The molecule has 22 heavy (non-hydrogen) atoms. The van der Waals surface area contributed by atoms with E-state index in [1.165, 1.54) is 18.2 Å². The molecular formula is C16H22FN3O2. The van der Waals surface area contributed by atoms with Gasteiger partial charge >= 0.3 is 0 Å². The third-order valence-corrected chi connectivity index (χ3v) is 3.88. The number of carbonyl (C=O) groups is 2. The van der Waals surface area contributed by atoms with Crippen molar-refractivity contribution in [3.63, 3.8) is 0 Å². The summed E-state index contributed by atoms with van der Waals surface area (Å²) in [4.78, 5) is 23.7. The molecule has 1 fully saturated rings. The van der Waals surface area contributed by atoms with Crippen LogP contribution in [0.4, 0.5) is 15.8 Å². The number of hydrogen-bond acceptors (Lipinski definition) is 3. The van der Waals surface area contributed by atoms with E-state index in [2.05, 4.69) is 10.6 Å². The van der Waals surface area contributed by atoms with Gasteiger partial charge < -0.3 is 16.4 Å². The Bertz CT molecular complexity index is 554. The number of hydrogen-bond donors (Lipinski definition) is 3. The number of carbonyl (C=O) groups excluding carboxylic acids is 2. The number of benzene rings is 1. The van der Waals surface area contributed by atoms with Crippen LogP contribution in [0, 0.1) is 11.7 Å². The van der Waals surface area contributed by atoms with Crippen molar-refractivity contribution in [3.8, 4) is 0 Å². The molecule has 0 spiro atoms. The summed E-state index contributed by atoms with van der Waals surface area (Å²) in [6, 6.07) is 3.40. The van der Waals surface area contributed by atoms with Crippen LogP contribution in [0.15, 0.2) is 18.2 Å². The van der Waals surface area contributed by atoms with Crippen LogP contribution in [0.5, 0.6) is 0 Å². The van der Waals surface area contributed by atoms with Crippen molar-refractivity contribution in [1.82, 2.24) is 0 Å². The lowest BCUT2D eigenvalue weighted by Gasteiger charge is -2.21. The van der Waals surface area contributed by atoms with Crippen molar-refractivity contribution >= 4 is 23.2 Å². The van der Waals surface area contributed by atoms with Gasteiger partial charge in [-0.2, -0.15) is 0 Å². The minimum absolute atomic E-state index is 0.0598. The van der Waals surface area contributed by atoms with Crippen LogP contribution in [-0.4, -0.2) is 17.9 Å². The zero-order chi connectivity index (χ0) is 16.1. The van der Waals surface area contributed by atoms with Crippen LogP contribution in [0.1, 0.15) is 39.0 Å². The topological polar surface area (TPSA) is 84.2 Å². The fourth-order valence-electron chi connectivity index (χ4n) is 2.55. The van der Waals surface area contributed by atoms with Crippen molar-refractivity contribution in [3.05, 3.63) is 24.0 Å². The smallest absolute Gasteiger partial charge is 0.240 e. The summed E-state index contributed by atoms with van der Waals surface area (Å²) in [5, 5.41) is 5.21. The van der Waals surface area contributed by atoms with Crippen LogP contribution in [0.2, 0.25) is 0 Å². The maximum Gasteiger partial charge on any atom is 0.240 e. The number of amides is 2. The molecule has 0 aromatic heterocycles. The first-order valence-electron chi connectivity index (χ1n) is 7.64. The molecule has 0 heterocycles. The SMILES string of the molecule is C[C@@H](N)C(=O)Nc1ccc(F)c(NC(=O)C2CCCCC2)c1. The number of anilines is 2. The molecule has 120 valence electrons. The van der Waals surface area contributed by atoms with E-state index >= 15 is 0 Å². The molecule has 0 radical (unpaired) electrons. The van der Waals surface area contributed by atoms with Crippen molar-refractivity contribution in [1.29, 1.82) is 0 Å². The predicted octanol–water partition coefficient (Wildman–Crippen LogP) is 2.63. The lowest BCUT2D eigenvalue weighted by molar-refractivity contribution is -0.120. The molecule has 2 rings (SSSR count). The summed E-state index contributed by atoms with van der Waals surface area (Å²) in [5.74, 6) is -1.11. The normalized spacial score (nSPS) is 16.9. The van der Waals surface area contributed by atoms with Gasteiger partial charge in [-0.05, 0) is 38.0 Å². The average Bonchev–Trinajstić information content (AvgIpc) is 2.51. The fraction of sp³-hybridized carbons (Fsp3) is 0.500. The van der Waals surface area contributed by atoms with Gasteiger partial charge in [-0.3, -0.25) is 9.59 Å². The second-order valence-corrected chi connectivity index (χ2v) is 5.80. The molecule has 0 unspecified atom stereocenters. The Morgan fingerprint density at radius 1 is 1.23 bits per heavy atom. The van der Waals surface area contributed by atoms with Crippen molar-refractivity contribution < 1.29 is 14.0 Å². The standard InChI is InChI=1S/C16H22FN3O2/c1-10(18)15(21)19-12-7-8-13(17)14(9-12)20-16(22)11-5-3-2-4-6-11/h7-11H,2-6,18H2,1H3,(H,19,21)(H,20,22)/t10-/m1/s1. The lowest BCUT2D eigenvalue weighted by atomic mass is 9.88. The number of nitrogens with two attached hydrogens (primary N) is 1. The highest BCUT2D eigenvalue weighted by Crippen LogP contribution is 2.26. The summed E-state index contributed by atoms with van der Waals surface area (Å²) in [6.45, 7) is 1.56. The van der Waals surface area contributed by atoms with Gasteiger partial charge in [-0.1, -0.05) is 19.3 Å². The minimum atomic E-state index is -0.662. The minimum Gasteiger partial charge on any atom is -0.325 e. The number of nitrogens with one attached hydrogen (secondary N) is 2. The van der Waals surface area contributed by atoms with Crippen LogP contribution in [-0.2, 0) is 9.59 Å². The van der Waals surface area contributed by atoms with Gasteiger partial charge in [-0.25, -0.2) is 4.39 Å². The molecule has 1 aromatic rings. The second-order valence-electron chi connectivity index (χ2n) is 5.80.